The lowest BCUT2D eigenvalue weighted by Crippen LogP contribution is -2.17. The molecule has 2 aromatic rings. The standard InChI is InChI=1S/C14H12F3N3O3S2/c1-25(22,23)10-5-3-2-4-9(10)19-12(21)8-24-13-18-7-6-11(20-13)14(15,16)17/h2-7H,8H2,1H3,(H,19,21). The van der Waals surface area contributed by atoms with E-state index in [1.165, 1.54) is 18.2 Å². The Labute approximate surface area is 145 Å². The van der Waals surface area contributed by atoms with E-state index >= 15 is 0 Å². The van der Waals surface area contributed by atoms with Crippen molar-refractivity contribution < 1.29 is 26.4 Å². The Hall–Kier alpha value is -2.14. The average Bonchev–Trinajstić information content (AvgIpc) is 2.52. The van der Waals surface area contributed by atoms with E-state index in [2.05, 4.69) is 15.3 Å². The number of carbonyl (C=O) groups excluding carboxylic acids is 1. The molecule has 0 atom stereocenters. The Kier molecular flexibility index (Phi) is 5.68. The molecule has 0 bridgehead atoms. The molecule has 2 rings (SSSR count). The second kappa shape index (κ2) is 7.40. The Morgan fingerprint density at radius 2 is 1.92 bits per heavy atom. The number of benzene rings is 1. The molecule has 1 heterocycles. The summed E-state index contributed by atoms with van der Waals surface area (Å²) in [5.74, 6) is -0.874. The van der Waals surface area contributed by atoms with Crippen LogP contribution in [0.1, 0.15) is 5.69 Å². The van der Waals surface area contributed by atoms with Crippen molar-refractivity contribution in [3.63, 3.8) is 0 Å². The van der Waals surface area contributed by atoms with Gasteiger partial charge in [0.25, 0.3) is 0 Å². The Bertz CT molecular complexity index is 886. The fourth-order valence-corrected chi connectivity index (χ4v) is 3.25. The van der Waals surface area contributed by atoms with Crippen molar-refractivity contribution >= 4 is 33.2 Å². The summed E-state index contributed by atoms with van der Waals surface area (Å²) in [6.45, 7) is 0. The molecule has 0 aliphatic heterocycles. The van der Waals surface area contributed by atoms with E-state index in [0.717, 1.165) is 18.5 Å². The molecule has 1 aromatic heterocycles. The number of thioether (sulfide) groups is 1. The van der Waals surface area contributed by atoms with Gasteiger partial charge in [-0.15, -0.1) is 0 Å². The number of sulfone groups is 1. The first-order valence-electron chi connectivity index (χ1n) is 6.69. The molecule has 0 aliphatic carbocycles. The summed E-state index contributed by atoms with van der Waals surface area (Å²) in [5.41, 5.74) is -1.01. The molecule has 1 aromatic carbocycles. The number of hydrogen-bond donors (Lipinski definition) is 1. The number of aromatic nitrogens is 2. The fraction of sp³-hybridized carbons (Fsp3) is 0.214. The molecule has 134 valence electrons. The summed E-state index contributed by atoms with van der Waals surface area (Å²) >= 11 is 0.708. The van der Waals surface area contributed by atoms with Crippen LogP contribution in [0.3, 0.4) is 0 Å². The third-order valence-electron chi connectivity index (χ3n) is 2.82. The number of nitrogens with one attached hydrogen (secondary N) is 1. The maximum absolute atomic E-state index is 12.6. The summed E-state index contributed by atoms with van der Waals surface area (Å²) in [5, 5.41) is 2.21. The van der Waals surface area contributed by atoms with Gasteiger partial charge in [-0.25, -0.2) is 18.4 Å². The van der Waals surface area contributed by atoms with Crippen LogP contribution < -0.4 is 5.32 Å². The Morgan fingerprint density at radius 1 is 1.24 bits per heavy atom. The zero-order chi connectivity index (χ0) is 18.7. The predicted molar refractivity (Wildman–Crippen MR) is 85.9 cm³/mol. The van der Waals surface area contributed by atoms with Crippen molar-refractivity contribution in [2.75, 3.05) is 17.3 Å². The van der Waals surface area contributed by atoms with E-state index in [9.17, 15) is 26.4 Å². The highest BCUT2D eigenvalue weighted by atomic mass is 32.2. The Morgan fingerprint density at radius 3 is 2.56 bits per heavy atom. The second-order valence-corrected chi connectivity index (χ2v) is 7.75. The number of nitrogens with zero attached hydrogens (tertiary/aromatic N) is 2. The van der Waals surface area contributed by atoms with Gasteiger partial charge < -0.3 is 5.32 Å². The zero-order valence-electron chi connectivity index (χ0n) is 12.7. The van der Waals surface area contributed by atoms with E-state index in [4.69, 9.17) is 0 Å². The third kappa shape index (κ3) is 5.43. The predicted octanol–water partition coefficient (Wildman–Crippen LogP) is 2.63. The molecule has 6 nitrogen and oxygen atoms in total. The number of halogens is 3. The van der Waals surface area contributed by atoms with Crippen molar-refractivity contribution in [2.45, 2.75) is 16.2 Å². The van der Waals surface area contributed by atoms with Crippen LogP contribution in [-0.4, -0.2) is 36.3 Å². The van der Waals surface area contributed by atoms with Gasteiger partial charge in [-0.2, -0.15) is 13.2 Å². The number of hydrogen-bond acceptors (Lipinski definition) is 6. The largest absolute Gasteiger partial charge is 0.433 e. The highest BCUT2D eigenvalue weighted by Gasteiger charge is 2.32. The quantitative estimate of drug-likeness (QED) is 0.623. The number of anilines is 1. The van der Waals surface area contributed by atoms with Crippen LogP contribution in [0.4, 0.5) is 18.9 Å². The Balaban J connectivity index is 2.06. The average molecular weight is 391 g/mol. The lowest BCUT2D eigenvalue weighted by atomic mass is 10.3. The topological polar surface area (TPSA) is 89.0 Å². The van der Waals surface area contributed by atoms with Gasteiger partial charge in [-0.05, 0) is 18.2 Å². The number of amides is 1. The molecule has 0 aliphatic rings. The highest BCUT2D eigenvalue weighted by Crippen LogP contribution is 2.28. The van der Waals surface area contributed by atoms with Gasteiger partial charge >= 0.3 is 6.18 Å². The van der Waals surface area contributed by atoms with Crippen LogP contribution in [0.2, 0.25) is 0 Å². The van der Waals surface area contributed by atoms with Gasteiger partial charge in [0.2, 0.25) is 5.91 Å². The van der Waals surface area contributed by atoms with Gasteiger partial charge in [-0.3, -0.25) is 4.79 Å². The lowest BCUT2D eigenvalue weighted by molar-refractivity contribution is -0.141. The lowest BCUT2D eigenvalue weighted by Gasteiger charge is -2.09. The first-order valence-corrected chi connectivity index (χ1v) is 9.57. The van der Waals surface area contributed by atoms with E-state index in [1.807, 2.05) is 0 Å². The molecule has 0 saturated heterocycles. The molecular weight excluding hydrogens is 379 g/mol. The summed E-state index contributed by atoms with van der Waals surface area (Å²) < 4.78 is 61.1. The van der Waals surface area contributed by atoms with Gasteiger partial charge in [0.1, 0.15) is 5.69 Å². The molecule has 1 amide bonds. The van der Waals surface area contributed by atoms with Crippen molar-refractivity contribution in [1.82, 2.24) is 9.97 Å². The summed E-state index contributed by atoms with van der Waals surface area (Å²) in [7, 11) is -3.54. The molecule has 0 spiro atoms. The number of para-hydroxylation sites is 1. The third-order valence-corrected chi connectivity index (χ3v) is 4.83. The van der Waals surface area contributed by atoms with Crippen molar-refractivity contribution in [1.29, 1.82) is 0 Å². The van der Waals surface area contributed by atoms with Crippen LogP contribution in [0.15, 0.2) is 46.6 Å². The van der Waals surface area contributed by atoms with E-state index < -0.39 is 27.6 Å². The first-order chi connectivity index (χ1) is 11.6. The van der Waals surface area contributed by atoms with Gasteiger partial charge in [0.15, 0.2) is 15.0 Å². The zero-order valence-corrected chi connectivity index (χ0v) is 14.4. The first kappa shape index (κ1) is 19.2. The van der Waals surface area contributed by atoms with Crippen LogP contribution >= 0.6 is 11.8 Å². The monoisotopic (exact) mass is 391 g/mol. The smallest absolute Gasteiger partial charge is 0.324 e. The SMILES string of the molecule is CS(=O)(=O)c1ccccc1NC(=O)CSc1nccc(C(F)(F)F)n1. The molecule has 0 unspecified atom stereocenters. The van der Waals surface area contributed by atoms with Crippen LogP contribution in [0.5, 0.6) is 0 Å². The van der Waals surface area contributed by atoms with Crippen LogP contribution in [0.25, 0.3) is 0 Å². The van der Waals surface area contributed by atoms with Crippen molar-refractivity contribution in [3.05, 3.63) is 42.2 Å². The minimum atomic E-state index is -4.60. The van der Waals surface area contributed by atoms with E-state index in [0.29, 0.717) is 11.8 Å². The van der Waals surface area contributed by atoms with Crippen LogP contribution in [0, 0.1) is 0 Å². The van der Waals surface area contributed by atoms with E-state index in [-0.39, 0.29) is 21.5 Å². The number of alkyl halides is 3. The van der Waals surface area contributed by atoms with Crippen molar-refractivity contribution in [2.24, 2.45) is 0 Å². The highest BCUT2D eigenvalue weighted by molar-refractivity contribution is 7.99. The molecule has 25 heavy (non-hydrogen) atoms. The maximum Gasteiger partial charge on any atom is 0.433 e. The number of carbonyl (C=O) groups is 1. The summed E-state index contributed by atoms with van der Waals surface area (Å²) in [6.07, 6.45) is -2.65. The molecule has 0 saturated carbocycles. The second-order valence-electron chi connectivity index (χ2n) is 4.83. The molecule has 0 fully saturated rings. The van der Waals surface area contributed by atoms with Gasteiger partial charge in [0.05, 0.1) is 16.3 Å². The van der Waals surface area contributed by atoms with E-state index in [1.54, 1.807) is 6.07 Å². The fourth-order valence-electron chi connectivity index (χ4n) is 1.78. The van der Waals surface area contributed by atoms with Crippen LogP contribution in [-0.2, 0) is 20.8 Å². The summed E-state index contributed by atoms with van der Waals surface area (Å²) in [4.78, 5) is 18.9. The maximum atomic E-state index is 12.6. The molecular formula is C14H12F3N3O3S2. The minimum Gasteiger partial charge on any atom is -0.324 e. The normalized spacial score (nSPS) is 12.0. The minimum absolute atomic E-state index is 0.0522. The number of rotatable bonds is 5. The molecule has 1 N–H and O–H groups in total. The summed E-state index contributed by atoms with van der Waals surface area (Å²) in [6, 6.07) is 6.55. The molecule has 11 heteroatoms. The molecule has 0 radical (unpaired) electrons. The van der Waals surface area contributed by atoms with Crippen molar-refractivity contribution in [3.8, 4) is 0 Å². The van der Waals surface area contributed by atoms with Gasteiger partial charge in [0, 0.05) is 12.5 Å². The van der Waals surface area contributed by atoms with Gasteiger partial charge in [-0.1, -0.05) is 23.9 Å².